The summed E-state index contributed by atoms with van der Waals surface area (Å²) in [6.45, 7) is 1.45. The molecule has 0 bridgehead atoms. The van der Waals surface area contributed by atoms with Crippen molar-refractivity contribution in [1.29, 1.82) is 0 Å². The number of nitrogens with two attached hydrogens (primary N) is 1. The molecular weight excluding hydrogens is 318 g/mol. The standard InChI is InChI=1S/C14H19N5O3S/c1-18(2)23(20,21)11-4-3-10-5-6-19(12(10)7-11)9-13-16-14(8-15)22-17-13/h3-4,7H,5-6,8-9,15H2,1-2H3. The molecule has 0 unspecified atom stereocenters. The summed E-state index contributed by atoms with van der Waals surface area (Å²) in [4.78, 5) is 6.53. The molecule has 0 aliphatic carbocycles. The molecule has 0 spiro atoms. The lowest BCUT2D eigenvalue weighted by Gasteiger charge is -2.19. The molecule has 0 saturated carbocycles. The van der Waals surface area contributed by atoms with E-state index in [1.807, 2.05) is 6.07 Å². The van der Waals surface area contributed by atoms with Crippen molar-refractivity contribution in [2.75, 3.05) is 25.5 Å². The lowest BCUT2D eigenvalue weighted by molar-refractivity contribution is 0.374. The molecule has 9 heteroatoms. The summed E-state index contributed by atoms with van der Waals surface area (Å²) in [5, 5.41) is 3.89. The van der Waals surface area contributed by atoms with E-state index in [0.717, 1.165) is 24.2 Å². The van der Waals surface area contributed by atoms with Crippen molar-refractivity contribution in [3.63, 3.8) is 0 Å². The van der Waals surface area contributed by atoms with Gasteiger partial charge in [-0.2, -0.15) is 4.98 Å². The van der Waals surface area contributed by atoms with Crippen LogP contribution >= 0.6 is 0 Å². The van der Waals surface area contributed by atoms with Crippen LogP contribution in [-0.4, -0.2) is 43.5 Å². The van der Waals surface area contributed by atoms with Gasteiger partial charge in [0, 0.05) is 26.3 Å². The van der Waals surface area contributed by atoms with E-state index >= 15 is 0 Å². The van der Waals surface area contributed by atoms with Crippen LogP contribution in [0.15, 0.2) is 27.6 Å². The normalized spacial score (nSPS) is 14.5. The van der Waals surface area contributed by atoms with Crippen LogP contribution in [0.1, 0.15) is 17.3 Å². The second-order valence-corrected chi connectivity index (χ2v) is 7.71. The smallest absolute Gasteiger partial charge is 0.242 e. The van der Waals surface area contributed by atoms with Gasteiger partial charge < -0.3 is 15.2 Å². The van der Waals surface area contributed by atoms with Gasteiger partial charge in [-0.3, -0.25) is 0 Å². The van der Waals surface area contributed by atoms with Crippen LogP contribution < -0.4 is 10.6 Å². The Morgan fingerprint density at radius 2 is 2.17 bits per heavy atom. The van der Waals surface area contributed by atoms with Crippen LogP contribution in [-0.2, 0) is 29.5 Å². The number of benzene rings is 1. The zero-order valence-corrected chi connectivity index (χ0v) is 13.9. The van der Waals surface area contributed by atoms with Gasteiger partial charge in [-0.15, -0.1) is 0 Å². The molecule has 1 aromatic heterocycles. The van der Waals surface area contributed by atoms with Crippen molar-refractivity contribution in [2.45, 2.75) is 24.4 Å². The first-order chi connectivity index (χ1) is 10.9. The Morgan fingerprint density at radius 3 is 2.83 bits per heavy atom. The maximum atomic E-state index is 12.3. The maximum Gasteiger partial charge on any atom is 0.242 e. The van der Waals surface area contributed by atoms with Crippen molar-refractivity contribution < 1.29 is 12.9 Å². The summed E-state index contributed by atoms with van der Waals surface area (Å²) in [6.07, 6.45) is 0.860. The van der Waals surface area contributed by atoms with E-state index in [9.17, 15) is 8.42 Å². The molecule has 0 saturated heterocycles. The Labute approximate surface area is 134 Å². The van der Waals surface area contributed by atoms with Crippen molar-refractivity contribution >= 4 is 15.7 Å². The van der Waals surface area contributed by atoms with Gasteiger partial charge in [0.2, 0.25) is 15.9 Å². The van der Waals surface area contributed by atoms with Crippen molar-refractivity contribution in [3.8, 4) is 0 Å². The van der Waals surface area contributed by atoms with Crippen LogP contribution in [0.25, 0.3) is 0 Å². The number of aromatic nitrogens is 2. The molecular formula is C14H19N5O3S. The number of hydrogen-bond donors (Lipinski definition) is 1. The lowest BCUT2D eigenvalue weighted by Crippen LogP contribution is -2.23. The van der Waals surface area contributed by atoms with Crippen LogP contribution in [0.2, 0.25) is 0 Å². The highest BCUT2D eigenvalue weighted by atomic mass is 32.2. The van der Waals surface area contributed by atoms with Crippen LogP contribution in [0.5, 0.6) is 0 Å². The third-order valence-electron chi connectivity index (χ3n) is 3.84. The first kappa shape index (κ1) is 15.9. The van der Waals surface area contributed by atoms with E-state index in [-0.39, 0.29) is 11.4 Å². The number of rotatable bonds is 5. The SMILES string of the molecule is CN(C)S(=O)(=O)c1ccc2c(c1)N(Cc1noc(CN)n1)CC2. The van der Waals surface area contributed by atoms with Gasteiger partial charge in [0.25, 0.3) is 0 Å². The monoisotopic (exact) mass is 337 g/mol. The average Bonchev–Trinajstić information content (AvgIpc) is 3.14. The van der Waals surface area contributed by atoms with Gasteiger partial charge in [0.05, 0.1) is 18.0 Å². The molecule has 0 radical (unpaired) electrons. The van der Waals surface area contributed by atoms with Gasteiger partial charge >= 0.3 is 0 Å². The maximum absolute atomic E-state index is 12.3. The van der Waals surface area contributed by atoms with Crippen molar-refractivity contribution in [2.24, 2.45) is 5.73 Å². The largest absolute Gasteiger partial charge is 0.363 e. The van der Waals surface area contributed by atoms with E-state index in [0.29, 0.717) is 18.3 Å². The summed E-state index contributed by atoms with van der Waals surface area (Å²) < 4.78 is 30.8. The minimum absolute atomic E-state index is 0.203. The molecule has 23 heavy (non-hydrogen) atoms. The van der Waals surface area contributed by atoms with Gasteiger partial charge in [0.15, 0.2) is 5.82 Å². The second-order valence-electron chi connectivity index (χ2n) is 5.56. The summed E-state index contributed by atoms with van der Waals surface area (Å²) in [6, 6.07) is 5.23. The molecule has 3 rings (SSSR count). The average molecular weight is 337 g/mol. The van der Waals surface area contributed by atoms with Gasteiger partial charge in [-0.1, -0.05) is 11.2 Å². The topological polar surface area (TPSA) is 106 Å². The Morgan fingerprint density at radius 1 is 1.39 bits per heavy atom. The Balaban J connectivity index is 1.89. The molecule has 8 nitrogen and oxygen atoms in total. The lowest BCUT2D eigenvalue weighted by atomic mass is 10.2. The van der Waals surface area contributed by atoms with Gasteiger partial charge in [-0.25, -0.2) is 12.7 Å². The van der Waals surface area contributed by atoms with E-state index in [1.54, 1.807) is 12.1 Å². The molecule has 124 valence electrons. The zero-order chi connectivity index (χ0) is 16.6. The summed E-state index contributed by atoms with van der Waals surface area (Å²) in [7, 11) is -0.411. The van der Waals surface area contributed by atoms with Crippen molar-refractivity contribution in [1.82, 2.24) is 14.4 Å². The van der Waals surface area contributed by atoms with Gasteiger partial charge in [0.1, 0.15) is 0 Å². The first-order valence-electron chi connectivity index (χ1n) is 7.23. The molecule has 1 aromatic carbocycles. The molecule has 0 atom stereocenters. The highest BCUT2D eigenvalue weighted by Crippen LogP contribution is 2.32. The number of sulfonamides is 1. The van der Waals surface area contributed by atoms with E-state index in [4.69, 9.17) is 10.3 Å². The molecule has 0 amide bonds. The summed E-state index contributed by atoms with van der Waals surface area (Å²) in [5.41, 5.74) is 7.47. The van der Waals surface area contributed by atoms with Crippen LogP contribution in [0, 0.1) is 0 Å². The molecule has 0 fully saturated rings. The fourth-order valence-electron chi connectivity index (χ4n) is 2.57. The number of fused-ring (bicyclic) bond motifs is 1. The van der Waals surface area contributed by atoms with Gasteiger partial charge in [-0.05, 0) is 24.1 Å². The third kappa shape index (κ3) is 2.94. The first-order valence-corrected chi connectivity index (χ1v) is 8.68. The zero-order valence-electron chi connectivity index (χ0n) is 13.1. The molecule has 2 heterocycles. The second kappa shape index (κ2) is 5.91. The van der Waals surface area contributed by atoms with E-state index in [1.165, 1.54) is 18.4 Å². The minimum Gasteiger partial charge on any atom is -0.363 e. The molecule has 1 aliphatic heterocycles. The van der Waals surface area contributed by atoms with Crippen LogP contribution in [0.3, 0.4) is 0 Å². The summed E-state index contributed by atoms with van der Waals surface area (Å²) in [5.74, 6) is 0.933. The summed E-state index contributed by atoms with van der Waals surface area (Å²) >= 11 is 0. The predicted octanol–water partition coefficient (Wildman–Crippen LogP) is 0.341. The Bertz CT molecular complexity index is 816. The highest BCUT2D eigenvalue weighted by molar-refractivity contribution is 7.89. The predicted molar refractivity (Wildman–Crippen MR) is 84.3 cm³/mol. The number of hydrogen-bond acceptors (Lipinski definition) is 7. The van der Waals surface area contributed by atoms with Crippen molar-refractivity contribution in [3.05, 3.63) is 35.5 Å². The highest BCUT2D eigenvalue weighted by Gasteiger charge is 2.25. The molecule has 2 N–H and O–H groups in total. The van der Waals surface area contributed by atoms with E-state index < -0.39 is 10.0 Å². The minimum atomic E-state index is -3.45. The molecule has 2 aromatic rings. The molecule has 1 aliphatic rings. The third-order valence-corrected chi connectivity index (χ3v) is 5.66. The number of anilines is 1. The number of nitrogens with zero attached hydrogens (tertiary/aromatic N) is 4. The fourth-order valence-corrected chi connectivity index (χ4v) is 3.49. The Hall–Kier alpha value is -1.97. The van der Waals surface area contributed by atoms with E-state index in [2.05, 4.69) is 15.0 Å². The van der Waals surface area contributed by atoms with Crippen LogP contribution in [0.4, 0.5) is 5.69 Å². The quantitative estimate of drug-likeness (QED) is 0.838. The fraction of sp³-hybridized carbons (Fsp3) is 0.429. The Kier molecular flexibility index (Phi) is 4.09.